The summed E-state index contributed by atoms with van der Waals surface area (Å²) in [7, 11) is 0. The lowest BCUT2D eigenvalue weighted by atomic mass is 10.1. The second kappa shape index (κ2) is 7.64. The molecule has 0 aliphatic heterocycles. The van der Waals surface area contributed by atoms with E-state index < -0.39 is 0 Å². The summed E-state index contributed by atoms with van der Waals surface area (Å²) in [6.07, 6.45) is 0. The maximum Gasteiger partial charge on any atom is 0.223 e. The van der Waals surface area contributed by atoms with E-state index in [1.807, 2.05) is 21.4 Å². The Labute approximate surface area is 180 Å². The first-order valence-electron chi connectivity index (χ1n) is 8.26. The van der Waals surface area contributed by atoms with Crippen molar-refractivity contribution in [1.82, 2.24) is 9.13 Å². The van der Waals surface area contributed by atoms with E-state index in [-0.39, 0.29) is 11.6 Å². The van der Waals surface area contributed by atoms with Crippen LogP contribution in [0.25, 0.3) is 16.9 Å². The van der Waals surface area contributed by atoms with Crippen molar-refractivity contribution in [2.75, 3.05) is 0 Å². The first-order chi connectivity index (χ1) is 13.5. The molecule has 2 heterocycles. The lowest BCUT2D eigenvalue weighted by molar-refractivity contribution is 0.443. The van der Waals surface area contributed by atoms with Crippen LogP contribution in [0.3, 0.4) is 0 Å². The maximum atomic E-state index is 11.1. The van der Waals surface area contributed by atoms with Crippen molar-refractivity contribution < 1.29 is 10.2 Å². The molecule has 0 aliphatic rings. The van der Waals surface area contributed by atoms with Gasteiger partial charge in [0.25, 0.3) is 0 Å². The molecule has 2 aromatic carbocycles. The number of benzene rings is 2. The molecule has 0 radical (unpaired) electrons. The van der Waals surface area contributed by atoms with Crippen LogP contribution in [0.2, 0.25) is 10.0 Å². The van der Waals surface area contributed by atoms with E-state index in [2.05, 4.69) is 0 Å². The van der Waals surface area contributed by atoms with Gasteiger partial charge in [-0.15, -0.1) is 0 Å². The third kappa shape index (κ3) is 3.44. The molecular formula is C20H14Cl2N2O2S2. The highest BCUT2D eigenvalue weighted by Crippen LogP contribution is 2.37. The summed E-state index contributed by atoms with van der Waals surface area (Å²) in [5.74, 6) is 0.113. The Balaban J connectivity index is 1.98. The highest BCUT2D eigenvalue weighted by atomic mass is 35.5. The van der Waals surface area contributed by atoms with Gasteiger partial charge < -0.3 is 14.8 Å². The molecule has 0 amide bonds. The van der Waals surface area contributed by atoms with Crippen molar-refractivity contribution >= 4 is 46.8 Å². The highest BCUT2D eigenvalue weighted by molar-refractivity contribution is 7.71. The Morgan fingerprint density at radius 3 is 2.39 bits per heavy atom. The molecule has 0 aliphatic carbocycles. The van der Waals surface area contributed by atoms with E-state index >= 15 is 0 Å². The zero-order valence-corrected chi connectivity index (χ0v) is 17.5. The van der Waals surface area contributed by atoms with Crippen LogP contribution in [0.15, 0.2) is 59.3 Å². The van der Waals surface area contributed by atoms with Gasteiger partial charge in [0, 0.05) is 10.6 Å². The molecule has 2 aromatic heterocycles. The van der Waals surface area contributed by atoms with Crippen molar-refractivity contribution in [2.24, 2.45) is 0 Å². The summed E-state index contributed by atoms with van der Waals surface area (Å²) in [4.78, 5) is 0. The first kappa shape index (κ1) is 19.1. The molecule has 28 heavy (non-hydrogen) atoms. The fourth-order valence-electron chi connectivity index (χ4n) is 3.03. The molecule has 0 saturated carbocycles. The zero-order chi connectivity index (χ0) is 19.8. The lowest BCUT2D eigenvalue weighted by Crippen LogP contribution is -2.02. The largest absolute Gasteiger partial charge is 0.508 e. The second-order valence-corrected chi connectivity index (χ2v) is 8.14. The molecule has 0 spiro atoms. The monoisotopic (exact) mass is 448 g/mol. The van der Waals surface area contributed by atoms with Crippen LogP contribution in [0.4, 0.5) is 0 Å². The second-order valence-electron chi connectivity index (χ2n) is 6.15. The van der Waals surface area contributed by atoms with Gasteiger partial charge in [-0.1, -0.05) is 23.2 Å². The number of hydrogen-bond acceptors (Lipinski definition) is 4. The fourth-order valence-corrected chi connectivity index (χ4v) is 4.52. The number of nitrogens with zero attached hydrogens (tertiary/aromatic N) is 2. The smallest absolute Gasteiger partial charge is 0.223 e. The summed E-state index contributed by atoms with van der Waals surface area (Å²) in [6, 6.07) is 13.6. The van der Waals surface area contributed by atoms with E-state index in [1.54, 1.807) is 53.8 Å². The number of aromatic hydroxyl groups is 2. The summed E-state index contributed by atoms with van der Waals surface area (Å²) in [5, 5.41) is 25.6. The van der Waals surface area contributed by atoms with Crippen LogP contribution >= 0.6 is 46.8 Å². The summed E-state index contributed by atoms with van der Waals surface area (Å²) in [6.45, 7) is 0.490. The van der Waals surface area contributed by atoms with Crippen LogP contribution in [0, 0.1) is 4.77 Å². The number of thiophene rings is 1. The number of rotatable bonds is 4. The number of phenols is 1. The molecule has 0 atom stereocenters. The first-order valence-corrected chi connectivity index (χ1v) is 10.4. The zero-order valence-electron chi connectivity index (χ0n) is 14.3. The fraction of sp³-hybridized carbons (Fsp3) is 0.0500. The van der Waals surface area contributed by atoms with Crippen molar-refractivity contribution in [1.29, 1.82) is 0 Å². The Kier molecular flexibility index (Phi) is 5.21. The minimum absolute atomic E-state index is 0.0323. The molecule has 0 fully saturated rings. The van der Waals surface area contributed by atoms with E-state index in [0.717, 1.165) is 11.1 Å². The summed E-state index contributed by atoms with van der Waals surface area (Å²) >= 11 is 19.7. The Morgan fingerprint density at radius 2 is 1.75 bits per heavy atom. The van der Waals surface area contributed by atoms with Gasteiger partial charge in [-0.2, -0.15) is 11.3 Å². The highest BCUT2D eigenvalue weighted by Gasteiger charge is 2.21. The van der Waals surface area contributed by atoms with Crippen molar-refractivity contribution in [3.8, 4) is 28.6 Å². The molecule has 2 N–H and O–H groups in total. The Morgan fingerprint density at radius 1 is 1.00 bits per heavy atom. The third-order valence-corrected chi connectivity index (χ3v) is 6.00. The van der Waals surface area contributed by atoms with Gasteiger partial charge in [0.15, 0.2) is 4.77 Å². The van der Waals surface area contributed by atoms with Gasteiger partial charge >= 0.3 is 0 Å². The Hall–Kier alpha value is -2.25. The normalized spacial score (nSPS) is 11.1. The molecule has 142 valence electrons. The standard InChI is InChI=1S/C20H14Cl2N2O2S2/c21-14-3-6-17(16(22)9-14)24-19(26)18(13-1-4-15(25)5-2-13)23(20(24)27)10-12-7-8-28-11-12/h1-9,11,25-26H,10H2. The van der Waals surface area contributed by atoms with Crippen LogP contribution in [0.5, 0.6) is 11.6 Å². The van der Waals surface area contributed by atoms with Crippen molar-refractivity contribution in [3.63, 3.8) is 0 Å². The van der Waals surface area contributed by atoms with Crippen LogP contribution in [-0.4, -0.2) is 19.3 Å². The average Bonchev–Trinajstić information content (AvgIpc) is 3.25. The van der Waals surface area contributed by atoms with E-state index in [4.69, 9.17) is 35.4 Å². The van der Waals surface area contributed by atoms with Crippen molar-refractivity contribution in [2.45, 2.75) is 6.54 Å². The minimum Gasteiger partial charge on any atom is -0.508 e. The van der Waals surface area contributed by atoms with E-state index in [9.17, 15) is 10.2 Å². The number of hydrogen-bond donors (Lipinski definition) is 2. The number of phenolic OH excluding ortho intramolecular Hbond substituents is 1. The molecule has 0 bridgehead atoms. The van der Waals surface area contributed by atoms with E-state index in [1.165, 1.54) is 4.57 Å². The molecule has 4 rings (SSSR count). The predicted molar refractivity (Wildman–Crippen MR) is 117 cm³/mol. The Bertz CT molecular complexity index is 1200. The summed E-state index contributed by atoms with van der Waals surface area (Å²) in [5.41, 5.74) is 2.88. The molecule has 8 heteroatoms. The summed E-state index contributed by atoms with van der Waals surface area (Å²) < 4.78 is 3.78. The number of aromatic nitrogens is 2. The van der Waals surface area contributed by atoms with Gasteiger partial charge in [0.2, 0.25) is 5.88 Å². The SMILES string of the molecule is Oc1ccc(-c2c(O)n(-c3ccc(Cl)cc3Cl)c(=S)n2Cc2ccsc2)cc1. The topological polar surface area (TPSA) is 50.3 Å². The number of halogens is 2. The van der Waals surface area contributed by atoms with Crippen LogP contribution in [0.1, 0.15) is 5.56 Å². The lowest BCUT2D eigenvalue weighted by Gasteiger charge is -2.08. The molecule has 0 saturated heterocycles. The average molecular weight is 449 g/mol. The molecular weight excluding hydrogens is 435 g/mol. The minimum atomic E-state index is -0.0323. The molecule has 4 nitrogen and oxygen atoms in total. The van der Waals surface area contributed by atoms with Gasteiger partial charge in [0.1, 0.15) is 11.4 Å². The van der Waals surface area contributed by atoms with Gasteiger partial charge in [-0.25, -0.2) is 0 Å². The van der Waals surface area contributed by atoms with Crippen molar-refractivity contribution in [3.05, 3.63) is 79.7 Å². The van der Waals surface area contributed by atoms with Crippen LogP contribution < -0.4 is 0 Å². The van der Waals surface area contributed by atoms with Crippen LogP contribution in [-0.2, 0) is 6.54 Å². The van der Waals surface area contributed by atoms with Gasteiger partial charge in [0.05, 0.1) is 17.3 Å². The molecule has 4 aromatic rings. The van der Waals surface area contributed by atoms with Gasteiger partial charge in [-0.05, 0) is 77.1 Å². The predicted octanol–water partition coefficient (Wildman–Crippen LogP) is 6.50. The van der Waals surface area contributed by atoms with Gasteiger partial charge in [-0.3, -0.25) is 4.57 Å². The number of imidazole rings is 1. The maximum absolute atomic E-state index is 11.1. The van der Waals surface area contributed by atoms with E-state index in [0.29, 0.717) is 32.7 Å². The molecule has 0 unspecified atom stereocenters. The third-order valence-electron chi connectivity index (χ3n) is 4.33. The quantitative estimate of drug-likeness (QED) is 0.350.